The fourth-order valence-electron chi connectivity index (χ4n) is 1.66. The van der Waals surface area contributed by atoms with Gasteiger partial charge >= 0.3 is 6.09 Å². The number of allylic oxidation sites excluding steroid dienone is 1. The van der Waals surface area contributed by atoms with E-state index in [-0.39, 0.29) is 5.76 Å². The van der Waals surface area contributed by atoms with Gasteiger partial charge in [0.2, 0.25) is 11.8 Å². The van der Waals surface area contributed by atoms with E-state index in [4.69, 9.17) is 9.47 Å². The van der Waals surface area contributed by atoms with E-state index in [1.54, 1.807) is 13.0 Å². The number of aromatic nitrogens is 1. The van der Waals surface area contributed by atoms with Crippen LogP contribution in [-0.2, 0) is 9.53 Å². The molecule has 1 aromatic heterocycles. The molecule has 0 spiro atoms. The molecule has 8 nitrogen and oxygen atoms in total. The molecule has 0 aliphatic rings. The first-order valence-electron chi connectivity index (χ1n) is 7.10. The lowest BCUT2D eigenvalue weighted by Crippen LogP contribution is -2.41. The van der Waals surface area contributed by atoms with Gasteiger partial charge in [-0.3, -0.25) is 4.79 Å². The van der Waals surface area contributed by atoms with Crippen molar-refractivity contribution in [3.8, 4) is 5.88 Å². The molecule has 0 aliphatic heterocycles. The average molecular weight is 322 g/mol. The summed E-state index contributed by atoms with van der Waals surface area (Å²) in [6.07, 6.45) is 0.744. The molecule has 0 bridgehead atoms. The fraction of sp³-hybridized carbons (Fsp3) is 0.400. The molecule has 0 fully saturated rings. The second-order valence-electron chi connectivity index (χ2n) is 4.75. The van der Waals surface area contributed by atoms with Crippen LogP contribution in [0.25, 0.3) is 0 Å². The van der Waals surface area contributed by atoms with E-state index in [1.807, 2.05) is 6.92 Å². The minimum atomic E-state index is -0.793. The van der Waals surface area contributed by atoms with E-state index in [0.29, 0.717) is 23.8 Å². The van der Waals surface area contributed by atoms with Crippen LogP contribution in [0, 0.1) is 0 Å². The van der Waals surface area contributed by atoms with Crippen LogP contribution in [0.5, 0.6) is 5.88 Å². The first kappa shape index (κ1) is 18.3. The summed E-state index contributed by atoms with van der Waals surface area (Å²) < 4.78 is 9.80. The first-order valence-corrected chi connectivity index (χ1v) is 7.10. The quantitative estimate of drug-likeness (QED) is 0.665. The lowest BCUT2D eigenvalue weighted by atomic mass is 10.2. The summed E-state index contributed by atoms with van der Waals surface area (Å²) in [5.74, 6) is 0.258. The average Bonchev–Trinajstić information content (AvgIpc) is 2.48. The predicted molar refractivity (Wildman–Crippen MR) is 87.5 cm³/mol. The van der Waals surface area contributed by atoms with Crippen LogP contribution in [0.1, 0.15) is 20.8 Å². The Balaban J connectivity index is 2.75. The molecule has 0 aromatic carbocycles. The van der Waals surface area contributed by atoms with Crippen LogP contribution in [0.3, 0.4) is 0 Å². The highest BCUT2D eigenvalue weighted by molar-refractivity contribution is 5.98. The number of methoxy groups -OCH3 is 1. The Labute approximate surface area is 135 Å². The number of anilines is 2. The Morgan fingerprint density at radius 1 is 1.39 bits per heavy atom. The topological polar surface area (TPSA) is 102 Å². The fourth-order valence-corrected chi connectivity index (χ4v) is 1.66. The molecule has 2 amide bonds. The first-order chi connectivity index (χ1) is 10.9. The van der Waals surface area contributed by atoms with Gasteiger partial charge < -0.3 is 25.4 Å². The third-order valence-electron chi connectivity index (χ3n) is 2.71. The van der Waals surface area contributed by atoms with Crippen molar-refractivity contribution >= 4 is 23.4 Å². The molecule has 8 heteroatoms. The van der Waals surface area contributed by atoms with Crippen LogP contribution in [0.15, 0.2) is 24.6 Å². The number of carbonyl (C=O) groups is 2. The molecule has 0 saturated heterocycles. The molecule has 1 unspecified atom stereocenters. The molecule has 23 heavy (non-hydrogen) atoms. The van der Waals surface area contributed by atoms with Crippen LogP contribution in [-0.4, -0.2) is 36.7 Å². The Morgan fingerprint density at radius 3 is 2.65 bits per heavy atom. The second kappa shape index (κ2) is 8.62. The molecule has 0 radical (unpaired) electrons. The SMILES string of the molecule is C=C(C)OC(=O)NC(C)C(=O)Nc1cnc(OC)cc1NCC. The van der Waals surface area contributed by atoms with Gasteiger partial charge in [-0.2, -0.15) is 0 Å². The van der Waals surface area contributed by atoms with Crippen LogP contribution >= 0.6 is 0 Å². The van der Waals surface area contributed by atoms with E-state index in [2.05, 4.69) is 27.5 Å². The van der Waals surface area contributed by atoms with Gasteiger partial charge in [-0.1, -0.05) is 6.58 Å². The summed E-state index contributed by atoms with van der Waals surface area (Å²) in [5.41, 5.74) is 1.16. The van der Waals surface area contributed by atoms with Crippen molar-refractivity contribution < 1.29 is 19.1 Å². The number of rotatable bonds is 7. The lowest BCUT2D eigenvalue weighted by molar-refractivity contribution is -0.117. The third-order valence-corrected chi connectivity index (χ3v) is 2.71. The molecule has 0 saturated carbocycles. The minimum Gasteiger partial charge on any atom is -0.481 e. The molecule has 1 rings (SSSR count). The van der Waals surface area contributed by atoms with Crippen LogP contribution in [0.2, 0.25) is 0 Å². The zero-order chi connectivity index (χ0) is 17.4. The summed E-state index contributed by atoms with van der Waals surface area (Å²) in [7, 11) is 1.51. The van der Waals surface area contributed by atoms with E-state index in [0.717, 1.165) is 0 Å². The molecular weight excluding hydrogens is 300 g/mol. The summed E-state index contributed by atoms with van der Waals surface area (Å²) in [4.78, 5) is 27.7. The summed E-state index contributed by atoms with van der Waals surface area (Å²) in [6, 6.07) is 0.880. The van der Waals surface area contributed by atoms with E-state index in [1.165, 1.54) is 20.2 Å². The number of hydrogen-bond acceptors (Lipinski definition) is 6. The number of carbonyl (C=O) groups excluding carboxylic acids is 2. The Hall–Kier alpha value is -2.77. The van der Waals surface area contributed by atoms with Gasteiger partial charge in [0, 0.05) is 12.6 Å². The molecular formula is C15H22N4O4. The van der Waals surface area contributed by atoms with Crippen molar-refractivity contribution in [1.29, 1.82) is 0 Å². The van der Waals surface area contributed by atoms with E-state index in [9.17, 15) is 9.59 Å². The third kappa shape index (κ3) is 5.85. The monoisotopic (exact) mass is 322 g/mol. The number of ether oxygens (including phenoxy) is 2. The van der Waals surface area contributed by atoms with Crippen molar-refractivity contribution in [2.45, 2.75) is 26.8 Å². The molecule has 0 aliphatic carbocycles. The number of pyridine rings is 1. The predicted octanol–water partition coefficient (Wildman–Crippen LogP) is 2.11. The van der Waals surface area contributed by atoms with E-state index < -0.39 is 18.0 Å². The molecule has 1 atom stereocenters. The minimum absolute atomic E-state index is 0.240. The molecule has 126 valence electrons. The highest BCUT2D eigenvalue weighted by Crippen LogP contribution is 2.24. The van der Waals surface area contributed by atoms with Crippen molar-refractivity contribution in [2.75, 3.05) is 24.3 Å². The number of alkyl carbamates (subject to hydrolysis) is 1. The largest absolute Gasteiger partial charge is 0.481 e. The second-order valence-corrected chi connectivity index (χ2v) is 4.75. The van der Waals surface area contributed by atoms with Gasteiger partial charge in [0.25, 0.3) is 0 Å². The summed E-state index contributed by atoms with van der Waals surface area (Å²) >= 11 is 0. The van der Waals surface area contributed by atoms with Gasteiger partial charge in [0.1, 0.15) is 6.04 Å². The number of hydrogen-bond donors (Lipinski definition) is 3. The zero-order valence-corrected chi connectivity index (χ0v) is 13.7. The summed E-state index contributed by atoms with van der Waals surface area (Å²) in [6.45, 7) is 9.12. The number of amides is 2. The van der Waals surface area contributed by atoms with Crippen LogP contribution in [0.4, 0.5) is 16.2 Å². The Bertz CT molecular complexity index is 589. The van der Waals surface area contributed by atoms with Gasteiger partial charge in [-0.15, -0.1) is 0 Å². The standard InChI is InChI=1S/C15H22N4O4/c1-6-16-11-7-13(22-5)17-8-12(11)19-14(20)10(4)18-15(21)23-9(2)3/h7-8,10H,2,6H2,1,3-5H3,(H,16,17)(H,18,21)(H,19,20). The maximum atomic E-state index is 12.2. The highest BCUT2D eigenvalue weighted by atomic mass is 16.6. The van der Waals surface area contributed by atoms with Crippen molar-refractivity contribution in [3.05, 3.63) is 24.6 Å². The van der Waals surface area contributed by atoms with Crippen molar-refractivity contribution in [2.24, 2.45) is 0 Å². The summed E-state index contributed by atoms with van der Waals surface area (Å²) in [5, 5.41) is 8.20. The van der Waals surface area contributed by atoms with Crippen LogP contribution < -0.4 is 20.7 Å². The number of nitrogens with zero attached hydrogens (tertiary/aromatic N) is 1. The van der Waals surface area contributed by atoms with Gasteiger partial charge in [-0.05, 0) is 20.8 Å². The zero-order valence-electron chi connectivity index (χ0n) is 13.7. The highest BCUT2D eigenvalue weighted by Gasteiger charge is 2.18. The Kier molecular flexibility index (Phi) is 6.85. The van der Waals surface area contributed by atoms with Gasteiger partial charge in [0.05, 0.1) is 30.4 Å². The van der Waals surface area contributed by atoms with Gasteiger partial charge in [-0.25, -0.2) is 9.78 Å². The smallest absolute Gasteiger partial charge is 0.412 e. The van der Waals surface area contributed by atoms with Crippen molar-refractivity contribution in [3.63, 3.8) is 0 Å². The maximum absolute atomic E-state index is 12.2. The normalized spacial score (nSPS) is 11.1. The van der Waals surface area contributed by atoms with Gasteiger partial charge in [0.15, 0.2) is 0 Å². The Morgan fingerprint density at radius 2 is 2.09 bits per heavy atom. The van der Waals surface area contributed by atoms with Crippen molar-refractivity contribution in [1.82, 2.24) is 10.3 Å². The maximum Gasteiger partial charge on any atom is 0.412 e. The lowest BCUT2D eigenvalue weighted by Gasteiger charge is -2.16. The molecule has 3 N–H and O–H groups in total. The molecule has 1 aromatic rings. The van der Waals surface area contributed by atoms with E-state index >= 15 is 0 Å². The molecule has 1 heterocycles. The number of nitrogens with one attached hydrogen (secondary N) is 3.